The molecule has 1 aromatic carbocycles. The summed E-state index contributed by atoms with van der Waals surface area (Å²) in [4.78, 5) is 52.8. The van der Waals surface area contributed by atoms with Gasteiger partial charge in [-0.05, 0) is 23.8 Å². The minimum atomic E-state index is -0.933. The summed E-state index contributed by atoms with van der Waals surface area (Å²) in [5.74, 6) is -1.35. The van der Waals surface area contributed by atoms with Gasteiger partial charge in [-0.25, -0.2) is 9.69 Å². The van der Waals surface area contributed by atoms with Crippen LogP contribution in [0.5, 0.6) is 0 Å². The Morgan fingerprint density at radius 1 is 0.962 bits per heavy atom. The molecule has 0 saturated carbocycles. The van der Waals surface area contributed by atoms with Crippen LogP contribution in [-0.2, 0) is 20.9 Å². The van der Waals surface area contributed by atoms with Crippen LogP contribution in [0.3, 0.4) is 0 Å². The fraction of sp³-hybridized carbons (Fsp3) is 0.474. The van der Waals surface area contributed by atoms with Gasteiger partial charge in [0, 0.05) is 13.1 Å². The van der Waals surface area contributed by atoms with Crippen LogP contribution in [0.1, 0.15) is 25.8 Å². The lowest BCUT2D eigenvalue weighted by molar-refractivity contribution is -0.145. The molecule has 0 spiro atoms. The highest BCUT2D eigenvalue weighted by Gasteiger charge is 2.45. The molecule has 0 unspecified atom stereocenters. The number of hydrogen-bond donors (Lipinski definition) is 0. The number of benzene rings is 1. The molecule has 26 heavy (non-hydrogen) atoms. The summed E-state index contributed by atoms with van der Waals surface area (Å²) in [6.07, 6.45) is 1.05. The largest absolute Gasteiger partial charge is 0.341 e. The standard InChI is InChI=1S/C19H23N3O4/c1-13-8-14(2)10-20(9-13)16(23)12-22-18(25)17(24)21(19(22)26)11-15-6-4-3-5-7-15/h3-7,13-14H,8-12H2,1-2H3/t13-,14-/m0/s1. The van der Waals surface area contributed by atoms with Crippen molar-refractivity contribution in [3.8, 4) is 0 Å². The first-order valence-electron chi connectivity index (χ1n) is 8.85. The van der Waals surface area contributed by atoms with E-state index >= 15 is 0 Å². The fourth-order valence-electron chi connectivity index (χ4n) is 3.70. The molecule has 0 N–H and O–H groups in total. The van der Waals surface area contributed by atoms with Gasteiger partial charge in [0.1, 0.15) is 6.54 Å². The maximum absolute atomic E-state index is 12.6. The van der Waals surface area contributed by atoms with Crippen LogP contribution in [-0.4, -0.2) is 58.1 Å². The van der Waals surface area contributed by atoms with Crippen molar-refractivity contribution in [3.05, 3.63) is 35.9 Å². The molecule has 7 nitrogen and oxygen atoms in total. The van der Waals surface area contributed by atoms with Crippen molar-refractivity contribution in [1.29, 1.82) is 0 Å². The molecule has 2 heterocycles. The molecule has 7 heteroatoms. The number of piperidine rings is 1. The van der Waals surface area contributed by atoms with E-state index in [4.69, 9.17) is 0 Å². The molecule has 2 saturated heterocycles. The Labute approximate surface area is 152 Å². The van der Waals surface area contributed by atoms with Gasteiger partial charge in [0.2, 0.25) is 5.91 Å². The fourth-order valence-corrected chi connectivity index (χ4v) is 3.70. The first-order valence-corrected chi connectivity index (χ1v) is 8.85. The van der Waals surface area contributed by atoms with E-state index in [1.54, 1.807) is 29.2 Å². The van der Waals surface area contributed by atoms with E-state index in [1.165, 1.54) is 0 Å². The lowest BCUT2D eigenvalue weighted by Gasteiger charge is -2.35. The Bertz CT molecular complexity index is 724. The maximum atomic E-state index is 12.6. The number of urea groups is 1. The highest BCUT2D eigenvalue weighted by Crippen LogP contribution is 2.22. The Hall–Kier alpha value is -2.70. The molecule has 138 valence electrons. The third kappa shape index (κ3) is 3.61. The summed E-state index contributed by atoms with van der Waals surface area (Å²) in [5, 5.41) is 0. The predicted octanol–water partition coefficient (Wildman–Crippen LogP) is 1.48. The van der Waals surface area contributed by atoms with Crippen molar-refractivity contribution < 1.29 is 19.2 Å². The maximum Gasteiger partial charge on any atom is 0.335 e. The number of imide groups is 2. The van der Waals surface area contributed by atoms with E-state index in [-0.39, 0.29) is 19.0 Å². The Morgan fingerprint density at radius 2 is 1.54 bits per heavy atom. The van der Waals surface area contributed by atoms with Crippen molar-refractivity contribution in [2.45, 2.75) is 26.8 Å². The summed E-state index contributed by atoms with van der Waals surface area (Å²) < 4.78 is 0. The first-order chi connectivity index (χ1) is 12.4. The summed E-state index contributed by atoms with van der Waals surface area (Å²) in [5.41, 5.74) is 0.744. The van der Waals surface area contributed by atoms with Crippen molar-refractivity contribution in [1.82, 2.24) is 14.7 Å². The lowest BCUT2D eigenvalue weighted by Crippen LogP contribution is -2.48. The van der Waals surface area contributed by atoms with E-state index in [9.17, 15) is 19.2 Å². The summed E-state index contributed by atoms with van der Waals surface area (Å²) >= 11 is 0. The zero-order valence-corrected chi connectivity index (χ0v) is 15.1. The number of carbonyl (C=O) groups is 4. The van der Waals surface area contributed by atoms with Crippen LogP contribution in [0.2, 0.25) is 0 Å². The number of nitrogens with zero attached hydrogens (tertiary/aromatic N) is 3. The second-order valence-electron chi connectivity index (χ2n) is 7.30. The minimum Gasteiger partial charge on any atom is -0.341 e. The van der Waals surface area contributed by atoms with Gasteiger partial charge in [-0.2, -0.15) is 0 Å². The summed E-state index contributed by atoms with van der Waals surface area (Å²) in [6.45, 7) is 5.02. The van der Waals surface area contributed by atoms with Crippen molar-refractivity contribution in [2.75, 3.05) is 19.6 Å². The number of carbonyl (C=O) groups excluding carboxylic acids is 4. The van der Waals surface area contributed by atoms with Gasteiger partial charge >= 0.3 is 17.8 Å². The van der Waals surface area contributed by atoms with E-state index in [0.717, 1.165) is 21.8 Å². The van der Waals surface area contributed by atoms with Crippen LogP contribution in [0, 0.1) is 11.8 Å². The Balaban J connectivity index is 1.68. The predicted molar refractivity (Wildman–Crippen MR) is 93.6 cm³/mol. The van der Waals surface area contributed by atoms with Crippen LogP contribution in [0.4, 0.5) is 4.79 Å². The molecule has 0 bridgehead atoms. The Morgan fingerprint density at radius 3 is 2.15 bits per heavy atom. The number of rotatable bonds is 4. The van der Waals surface area contributed by atoms with Crippen LogP contribution < -0.4 is 0 Å². The van der Waals surface area contributed by atoms with Gasteiger partial charge in [-0.3, -0.25) is 19.3 Å². The van der Waals surface area contributed by atoms with Gasteiger partial charge in [-0.1, -0.05) is 44.2 Å². The van der Waals surface area contributed by atoms with Gasteiger partial charge in [0.15, 0.2) is 0 Å². The van der Waals surface area contributed by atoms with E-state index < -0.39 is 17.8 Å². The molecular weight excluding hydrogens is 334 g/mol. The van der Waals surface area contributed by atoms with Gasteiger partial charge < -0.3 is 4.90 Å². The Kier molecular flexibility index (Phi) is 5.06. The smallest absolute Gasteiger partial charge is 0.335 e. The first kappa shape index (κ1) is 18.1. The van der Waals surface area contributed by atoms with Gasteiger partial charge in [0.05, 0.1) is 6.54 Å². The second kappa shape index (κ2) is 7.27. The van der Waals surface area contributed by atoms with Crippen LogP contribution in [0.15, 0.2) is 30.3 Å². The number of amides is 5. The van der Waals surface area contributed by atoms with E-state index in [1.807, 2.05) is 6.07 Å². The van der Waals surface area contributed by atoms with E-state index in [0.29, 0.717) is 24.9 Å². The van der Waals surface area contributed by atoms with Crippen molar-refractivity contribution in [3.63, 3.8) is 0 Å². The average molecular weight is 357 g/mol. The quantitative estimate of drug-likeness (QED) is 0.604. The second-order valence-corrected chi connectivity index (χ2v) is 7.30. The summed E-state index contributed by atoms with van der Waals surface area (Å²) in [7, 11) is 0. The SMILES string of the molecule is C[C@H]1C[C@H](C)CN(C(=O)CN2C(=O)C(=O)N(Cc3ccccc3)C2=O)C1. The molecule has 0 aliphatic carbocycles. The third-order valence-corrected chi connectivity index (χ3v) is 4.83. The monoisotopic (exact) mass is 357 g/mol. The normalized spacial score (nSPS) is 23.8. The van der Waals surface area contributed by atoms with Gasteiger partial charge in [-0.15, -0.1) is 0 Å². The van der Waals surface area contributed by atoms with E-state index in [2.05, 4.69) is 13.8 Å². The molecule has 2 aliphatic heterocycles. The molecular formula is C19H23N3O4. The topological polar surface area (TPSA) is 78.0 Å². The number of likely N-dealkylation sites (tertiary alicyclic amines) is 1. The van der Waals surface area contributed by atoms with Gasteiger partial charge in [0.25, 0.3) is 0 Å². The lowest BCUT2D eigenvalue weighted by atomic mass is 9.92. The van der Waals surface area contributed by atoms with Crippen molar-refractivity contribution >= 4 is 23.8 Å². The molecule has 2 atom stereocenters. The molecule has 0 radical (unpaired) electrons. The minimum absolute atomic E-state index is 0.0206. The zero-order chi connectivity index (χ0) is 18.8. The average Bonchev–Trinajstić information content (AvgIpc) is 2.80. The van der Waals surface area contributed by atoms with Crippen molar-refractivity contribution in [2.24, 2.45) is 11.8 Å². The highest BCUT2D eigenvalue weighted by atomic mass is 16.2. The molecule has 0 aromatic heterocycles. The molecule has 2 aliphatic rings. The summed E-state index contributed by atoms with van der Waals surface area (Å²) in [6, 6.07) is 8.23. The number of hydrogen-bond acceptors (Lipinski definition) is 4. The highest BCUT2D eigenvalue weighted by molar-refractivity contribution is 6.44. The third-order valence-electron chi connectivity index (χ3n) is 4.83. The molecule has 5 amide bonds. The van der Waals surface area contributed by atoms with Crippen LogP contribution >= 0.6 is 0 Å². The van der Waals surface area contributed by atoms with Crippen LogP contribution in [0.25, 0.3) is 0 Å². The molecule has 3 rings (SSSR count). The molecule has 2 fully saturated rings. The molecule has 1 aromatic rings. The zero-order valence-electron chi connectivity index (χ0n) is 15.1.